The minimum Gasteiger partial charge on any atom is -0.457 e. The van der Waals surface area contributed by atoms with Crippen molar-refractivity contribution < 1.29 is 19.7 Å². The summed E-state index contributed by atoms with van der Waals surface area (Å²) in [5, 5.41) is 17.7. The van der Waals surface area contributed by atoms with E-state index >= 15 is 0 Å². The molecule has 0 saturated heterocycles. The SMILES string of the molecule is CCC/C=C\C/C=C\C/C=C\C/C=C\C/C=C\C/C=C\CCCCC(=O)OC(CO)CO. The Morgan fingerprint density at radius 2 is 1.06 bits per heavy atom. The summed E-state index contributed by atoms with van der Waals surface area (Å²) in [5.41, 5.74) is 0. The molecule has 0 bridgehead atoms. The van der Waals surface area contributed by atoms with Gasteiger partial charge in [-0.05, 0) is 57.8 Å². The number of esters is 1. The number of carbonyl (C=O) groups is 1. The molecule has 32 heavy (non-hydrogen) atoms. The zero-order chi connectivity index (χ0) is 23.5. The van der Waals surface area contributed by atoms with Crippen molar-refractivity contribution >= 4 is 5.97 Å². The first-order chi connectivity index (χ1) is 15.7. The summed E-state index contributed by atoms with van der Waals surface area (Å²) in [4.78, 5) is 11.5. The van der Waals surface area contributed by atoms with Crippen LogP contribution in [0.25, 0.3) is 0 Å². The number of allylic oxidation sites excluding steroid dienone is 12. The van der Waals surface area contributed by atoms with E-state index in [0.29, 0.717) is 6.42 Å². The molecule has 0 saturated carbocycles. The Labute approximate surface area is 195 Å². The Morgan fingerprint density at radius 1 is 0.656 bits per heavy atom. The summed E-state index contributed by atoms with van der Waals surface area (Å²) in [5.74, 6) is -0.365. The molecular weight excluding hydrogens is 400 g/mol. The molecule has 0 aromatic rings. The van der Waals surface area contributed by atoms with Gasteiger partial charge in [-0.1, -0.05) is 86.3 Å². The van der Waals surface area contributed by atoms with E-state index in [1.54, 1.807) is 0 Å². The Hall–Kier alpha value is -2.17. The molecule has 0 aromatic heterocycles. The van der Waals surface area contributed by atoms with Crippen molar-refractivity contribution in [1.29, 1.82) is 0 Å². The van der Waals surface area contributed by atoms with Crippen molar-refractivity contribution in [3.63, 3.8) is 0 Å². The van der Waals surface area contributed by atoms with Gasteiger partial charge in [-0.25, -0.2) is 0 Å². The molecule has 0 unspecified atom stereocenters. The van der Waals surface area contributed by atoms with Crippen LogP contribution in [0.2, 0.25) is 0 Å². The number of carbonyl (C=O) groups excluding carboxylic acids is 1. The van der Waals surface area contributed by atoms with Crippen molar-refractivity contribution in [3.05, 3.63) is 72.9 Å². The van der Waals surface area contributed by atoms with Gasteiger partial charge in [-0.15, -0.1) is 0 Å². The van der Waals surface area contributed by atoms with Gasteiger partial charge in [-0.2, -0.15) is 0 Å². The molecule has 0 spiro atoms. The van der Waals surface area contributed by atoms with E-state index < -0.39 is 6.10 Å². The number of hydrogen-bond acceptors (Lipinski definition) is 4. The Morgan fingerprint density at radius 3 is 1.47 bits per heavy atom. The van der Waals surface area contributed by atoms with Crippen LogP contribution in [0, 0.1) is 0 Å². The van der Waals surface area contributed by atoms with Crippen molar-refractivity contribution in [1.82, 2.24) is 0 Å². The van der Waals surface area contributed by atoms with Crippen LogP contribution in [0.5, 0.6) is 0 Å². The maximum Gasteiger partial charge on any atom is 0.306 e. The van der Waals surface area contributed by atoms with E-state index in [1.165, 1.54) is 12.8 Å². The molecule has 0 aliphatic carbocycles. The summed E-state index contributed by atoms with van der Waals surface area (Å²) in [6.45, 7) is 1.50. The standard InChI is InChI=1S/C28H44O4/c1-2-3-4-5-6-7-8-9-10-11-12-13-14-15-16-17-18-19-20-21-22-23-24-28(31)32-27(25-29)26-30/h4-5,7-8,10-11,13-14,16-17,19-20,27,29-30H,2-3,6,9,12,15,18,21-26H2,1H3/b5-4-,8-7-,11-10-,14-13-,17-16-,20-19-. The van der Waals surface area contributed by atoms with Crippen LogP contribution in [0.15, 0.2) is 72.9 Å². The van der Waals surface area contributed by atoms with Crippen LogP contribution in [0.4, 0.5) is 0 Å². The smallest absolute Gasteiger partial charge is 0.306 e. The van der Waals surface area contributed by atoms with Crippen LogP contribution in [-0.2, 0) is 9.53 Å². The molecule has 0 aliphatic rings. The van der Waals surface area contributed by atoms with E-state index in [-0.39, 0.29) is 19.2 Å². The third kappa shape index (κ3) is 22.5. The molecule has 0 aromatic carbocycles. The molecule has 180 valence electrons. The zero-order valence-corrected chi connectivity index (χ0v) is 19.9. The van der Waals surface area contributed by atoms with Gasteiger partial charge < -0.3 is 14.9 Å². The molecule has 4 heteroatoms. The quantitative estimate of drug-likeness (QED) is 0.127. The second-order valence-corrected chi connectivity index (χ2v) is 7.52. The molecule has 0 heterocycles. The highest BCUT2D eigenvalue weighted by atomic mass is 16.6. The van der Waals surface area contributed by atoms with E-state index in [4.69, 9.17) is 14.9 Å². The lowest BCUT2D eigenvalue weighted by atomic mass is 10.2. The first-order valence-electron chi connectivity index (χ1n) is 12.1. The number of unbranched alkanes of at least 4 members (excludes halogenated alkanes) is 3. The fourth-order valence-corrected chi connectivity index (χ4v) is 2.67. The highest BCUT2D eigenvalue weighted by molar-refractivity contribution is 5.69. The normalized spacial score (nSPS) is 12.9. The second-order valence-electron chi connectivity index (χ2n) is 7.52. The van der Waals surface area contributed by atoms with Gasteiger partial charge >= 0.3 is 5.97 Å². The summed E-state index contributed by atoms with van der Waals surface area (Å²) in [6.07, 6.45) is 35.7. The monoisotopic (exact) mass is 444 g/mol. The van der Waals surface area contributed by atoms with Gasteiger partial charge in [0.05, 0.1) is 13.2 Å². The van der Waals surface area contributed by atoms with Gasteiger partial charge in [0, 0.05) is 6.42 Å². The van der Waals surface area contributed by atoms with E-state index in [2.05, 4.69) is 79.8 Å². The van der Waals surface area contributed by atoms with Crippen LogP contribution in [-0.4, -0.2) is 35.5 Å². The van der Waals surface area contributed by atoms with Crippen molar-refractivity contribution in [2.75, 3.05) is 13.2 Å². The summed E-state index contributed by atoms with van der Waals surface area (Å²) in [6, 6.07) is 0. The highest BCUT2D eigenvalue weighted by Crippen LogP contribution is 2.05. The van der Waals surface area contributed by atoms with Crippen LogP contribution < -0.4 is 0 Å². The van der Waals surface area contributed by atoms with Crippen molar-refractivity contribution in [2.24, 2.45) is 0 Å². The number of aliphatic hydroxyl groups excluding tert-OH is 2. The first kappa shape index (κ1) is 29.8. The third-order valence-electron chi connectivity index (χ3n) is 4.52. The maximum atomic E-state index is 11.5. The lowest BCUT2D eigenvalue weighted by molar-refractivity contribution is -0.153. The van der Waals surface area contributed by atoms with Gasteiger partial charge in [0.25, 0.3) is 0 Å². The van der Waals surface area contributed by atoms with Gasteiger partial charge in [0.1, 0.15) is 6.10 Å². The minimum absolute atomic E-state index is 0.319. The van der Waals surface area contributed by atoms with Crippen molar-refractivity contribution in [3.8, 4) is 0 Å². The third-order valence-corrected chi connectivity index (χ3v) is 4.52. The average molecular weight is 445 g/mol. The summed E-state index contributed by atoms with van der Waals surface area (Å²) < 4.78 is 4.92. The first-order valence-corrected chi connectivity index (χ1v) is 12.1. The van der Waals surface area contributed by atoms with Crippen molar-refractivity contribution in [2.45, 2.75) is 83.7 Å². The van der Waals surface area contributed by atoms with Crippen LogP contribution >= 0.6 is 0 Å². The van der Waals surface area contributed by atoms with E-state index in [9.17, 15) is 4.79 Å². The molecule has 0 aliphatic heterocycles. The number of hydrogen-bond donors (Lipinski definition) is 2. The molecule has 0 rings (SSSR count). The summed E-state index contributed by atoms with van der Waals surface area (Å²) >= 11 is 0. The molecule has 0 amide bonds. The van der Waals surface area contributed by atoms with Crippen LogP contribution in [0.1, 0.15) is 77.6 Å². The van der Waals surface area contributed by atoms with E-state index in [1.807, 2.05) is 0 Å². The predicted molar refractivity (Wildman–Crippen MR) is 135 cm³/mol. The number of ether oxygens (including phenoxy) is 1. The highest BCUT2D eigenvalue weighted by Gasteiger charge is 2.11. The maximum absolute atomic E-state index is 11.5. The van der Waals surface area contributed by atoms with Gasteiger partial charge in [-0.3, -0.25) is 4.79 Å². The molecule has 0 atom stereocenters. The molecule has 0 fully saturated rings. The minimum atomic E-state index is -0.796. The molecule has 2 N–H and O–H groups in total. The fourth-order valence-electron chi connectivity index (χ4n) is 2.67. The molecular formula is C28H44O4. The Balaban J connectivity index is 3.57. The van der Waals surface area contributed by atoms with E-state index in [0.717, 1.165) is 51.4 Å². The zero-order valence-electron chi connectivity index (χ0n) is 19.9. The largest absolute Gasteiger partial charge is 0.457 e. The lowest BCUT2D eigenvalue weighted by Crippen LogP contribution is -2.25. The number of aliphatic hydroxyl groups is 2. The van der Waals surface area contributed by atoms with Gasteiger partial charge in [0.15, 0.2) is 0 Å². The Bertz CT molecular complexity index is 593. The summed E-state index contributed by atoms with van der Waals surface area (Å²) in [7, 11) is 0. The van der Waals surface area contributed by atoms with Crippen LogP contribution in [0.3, 0.4) is 0 Å². The lowest BCUT2D eigenvalue weighted by Gasteiger charge is -2.12. The second kappa shape index (κ2) is 25.1. The fraction of sp³-hybridized carbons (Fsp3) is 0.536. The Kier molecular flexibility index (Phi) is 23.4. The molecule has 4 nitrogen and oxygen atoms in total. The van der Waals surface area contributed by atoms with Gasteiger partial charge in [0.2, 0.25) is 0 Å². The topological polar surface area (TPSA) is 66.8 Å². The predicted octanol–water partition coefficient (Wildman–Crippen LogP) is 6.53. The molecule has 0 radical (unpaired) electrons. The number of rotatable bonds is 20. The average Bonchev–Trinajstić information content (AvgIpc) is 2.80.